The van der Waals surface area contributed by atoms with E-state index in [4.69, 9.17) is 5.73 Å². The van der Waals surface area contributed by atoms with Crippen LogP contribution in [0.4, 0.5) is 4.39 Å². The van der Waals surface area contributed by atoms with E-state index in [-0.39, 0.29) is 17.6 Å². The molecule has 0 aromatic heterocycles. The lowest BCUT2D eigenvalue weighted by Crippen LogP contribution is -2.19. The summed E-state index contributed by atoms with van der Waals surface area (Å²) in [5.74, 6) is -0.328. The summed E-state index contributed by atoms with van der Waals surface area (Å²) in [4.78, 5) is 11.5. The van der Waals surface area contributed by atoms with Crippen molar-refractivity contribution in [3.8, 4) is 0 Å². The maximum absolute atomic E-state index is 12.9. The van der Waals surface area contributed by atoms with E-state index in [1.54, 1.807) is 19.9 Å². The van der Waals surface area contributed by atoms with Gasteiger partial charge in [0.1, 0.15) is 5.82 Å². The van der Waals surface area contributed by atoms with Gasteiger partial charge in [0.2, 0.25) is 0 Å². The third kappa shape index (κ3) is 2.64. The summed E-state index contributed by atoms with van der Waals surface area (Å²) in [5, 5.41) is 0. The van der Waals surface area contributed by atoms with Crippen LogP contribution >= 0.6 is 0 Å². The van der Waals surface area contributed by atoms with Gasteiger partial charge in [-0.15, -0.1) is 0 Å². The van der Waals surface area contributed by atoms with E-state index >= 15 is 0 Å². The van der Waals surface area contributed by atoms with Gasteiger partial charge in [0, 0.05) is 18.0 Å². The number of ketones is 1. The largest absolute Gasteiger partial charge is 0.328 e. The number of nitrogens with two attached hydrogens (primary N) is 1. The number of halogens is 1. The molecule has 2 nitrogen and oxygen atoms in total. The quantitative estimate of drug-likeness (QED) is 0.750. The van der Waals surface area contributed by atoms with Gasteiger partial charge in [-0.3, -0.25) is 4.79 Å². The van der Waals surface area contributed by atoms with Gasteiger partial charge < -0.3 is 5.73 Å². The molecule has 1 rings (SSSR count). The van der Waals surface area contributed by atoms with Crippen molar-refractivity contribution in [1.82, 2.24) is 0 Å². The van der Waals surface area contributed by atoms with Crippen LogP contribution in [0.1, 0.15) is 29.3 Å². The van der Waals surface area contributed by atoms with Crippen molar-refractivity contribution in [2.45, 2.75) is 26.3 Å². The first-order valence-corrected chi connectivity index (χ1v) is 4.55. The molecule has 76 valence electrons. The molecule has 1 unspecified atom stereocenters. The van der Waals surface area contributed by atoms with Crippen molar-refractivity contribution in [1.29, 1.82) is 0 Å². The predicted molar refractivity (Wildman–Crippen MR) is 53.7 cm³/mol. The standard InChI is InChI=1S/C11H14FNO/c1-7-5-9(3-4-10(7)12)11(14)6-8(2)13/h3-5,8H,6,13H2,1-2H3. The van der Waals surface area contributed by atoms with E-state index in [0.717, 1.165) is 0 Å². The summed E-state index contributed by atoms with van der Waals surface area (Å²) in [6, 6.07) is 4.20. The molecule has 0 bridgehead atoms. The normalized spacial score (nSPS) is 12.6. The fraction of sp³-hybridized carbons (Fsp3) is 0.364. The zero-order valence-corrected chi connectivity index (χ0v) is 8.38. The molecular formula is C11H14FNO. The van der Waals surface area contributed by atoms with E-state index < -0.39 is 0 Å². The highest BCUT2D eigenvalue weighted by molar-refractivity contribution is 5.96. The van der Waals surface area contributed by atoms with Crippen LogP contribution in [0, 0.1) is 12.7 Å². The fourth-order valence-corrected chi connectivity index (χ4v) is 1.23. The van der Waals surface area contributed by atoms with Gasteiger partial charge in [-0.1, -0.05) is 0 Å². The predicted octanol–water partition coefficient (Wildman–Crippen LogP) is 2.05. The molecule has 0 saturated carbocycles. The minimum atomic E-state index is -0.289. The zero-order chi connectivity index (χ0) is 10.7. The topological polar surface area (TPSA) is 43.1 Å². The summed E-state index contributed by atoms with van der Waals surface area (Å²) in [6.07, 6.45) is 0.297. The Morgan fingerprint density at radius 2 is 2.21 bits per heavy atom. The van der Waals surface area contributed by atoms with E-state index in [1.807, 2.05) is 0 Å². The van der Waals surface area contributed by atoms with Gasteiger partial charge in [-0.05, 0) is 37.6 Å². The Hall–Kier alpha value is -1.22. The van der Waals surface area contributed by atoms with Crippen LogP contribution in [0.3, 0.4) is 0 Å². The van der Waals surface area contributed by atoms with Crippen LogP contribution in [0.15, 0.2) is 18.2 Å². The van der Waals surface area contributed by atoms with Crippen LogP contribution in [0.2, 0.25) is 0 Å². The van der Waals surface area contributed by atoms with Crippen molar-refractivity contribution >= 4 is 5.78 Å². The summed E-state index contributed by atoms with van der Waals surface area (Å²) in [7, 11) is 0. The van der Waals surface area contributed by atoms with E-state index in [9.17, 15) is 9.18 Å². The highest BCUT2D eigenvalue weighted by atomic mass is 19.1. The molecule has 1 aromatic rings. The van der Waals surface area contributed by atoms with Gasteiger partial charge in [-0.25, -0.2) is 4.39 Å². The molecule has 0 saturated heterocycles. The second-order valence-corrected chi connectivity index (χ2v) is 3.57. The average molecular weight is 195 g/mol. The second-order valence-electron chi connectivity index (χ2n) is 3.57. The maximum atomic E-state index is 12.9. The summed E-state index contributed by atoms with van der Waals surface area (Å²) >= 11 is 0. The Morgan fingerprint density at radius 1 is 1.57 bits per heavy atom. The highest BCUT2D eigenvalue weighted by Crippen LogP contribution is 2.11. The zero-order valence-electron chi connectivity index (χ0n) is 8.38. The SMILES string of the molecule is Cc1cc(C(=O)CC(C)N)ccc1F. The van der Waals surface area contributed by atoms with Crippen molar-refractivity contribution < 1.29 is 9.18 Å². The number of benzene rings is 1. The molecule has 0 heterocycles. The lowest BCUT2D eigenvalue weighted by molar-refractivity contribution is 0.0976. The van der Waals surface area contributed by atoms with Gasteiger partial charge in [0.25, 0.3) is 0 Å². The van der Waals surface area contributed by atoms with E-state index in [0.29, 0.717) is 17.5 Å². The first-order chi connectivity index (χ1) is 6.50. The van der Waals surface area contributed by atoms with Crippen LogP contribution in [0.5, 0.6) is 0 Å². The molecule has 0 radical (unpaired) electrons. The maximum Gasteiger partial charge on any atom is 0.164 e. The Kier molecular flexibility index (Phi) is 3.36. The van der Waals surface area contributed by atoms with Gasteiger partial charge in [-0.2, -0.15) is 0 Å². The molecule has 0 spiro atoms. The van der Waals surface area contributed by atoms with E-state index in [2.05, 4.69) is 0 Å². The smallest absolute Gasteiger partial charge is 0.164 e. The first kappa shape index (κ1) is 10.9. The molecule has 0 amide bonds. The minimum absolute atomic E-state index is 0.0388. The summed E-state index contributed by atoms with van der Waals surface area (Å²) in [6.45, 7) is 3.41. The second kappa shape index (κ2) is 4.33. The highest BCUT2D eigenvalue weighted by Gasteiger charge is 2.09. The Balaban J connectivity index is 2.86. The van der Waals surface area contributed by atoms with Crippen LogP contribution in [-0.4, -0.2) is 11.8 Å². The van der Waals surface area contributed by atoms with Gasteiger partial charge in [0.15, 0.2) is 5.78 Å². The van der Waals surface area contributed by atoms with Gasteiger partial charge in [0.05, 0.1) is 0 Å². The number of hydrogen-bond donors (Lipinski definition) is 1. The number of aryl methyl sites for hydroxylation is 1. The Labute approximate surface area is 82.9 Å². The third-order valence-electron chi connectivity index (χ3n) is 1.99. The molecule has 1 aromatic carbocycles. The van der Waals surface area contributed by atoms with Gasteiger partial charge >= 0.3 is 0 Å². The average Bonchev–Trinajstić information content (AvgIpc) is 2.08. The molecule has 0 aliphatic rings. The number of carbonyl (C=O) groups is 1. The molecule has 0 aliphatic heterocycles. The summed E-state index contributed by atoms with van der Waals surface area (Å²) < 4.78 is 12.9. The summed E-state index contributed by atoms with van der Waals surface area (Å²) in [5.41, 5.74) is 6.52. The lowest BCUT2D eigenvalue weighted by Gasteiger charge is -2.05. The number of rotatable bonds is 3. The number of carbonyl (C=O) groups excluding carboxylic acids is 1. The Morgan fingerprint density at radius 3 is 2.71 bits per heavy atom. The van der Waals surface area contributed by atoms with Crippen LogP contribution in [0.25, 0.3) is 0 Å². The van der Waals surface area contributed by atoms with Crippen molar-refractivity contribution in [3.05, 3.63) is 35.1 Å². The molecule has 0 aliphatic carbocycles. The van der Waals surface area contributed by atoms with Crippen molar-refractivity contribution in [3.63, 3.8) is 0 Å². The number of Topliss-reactive ketones (excluding diaryl/α,β-unsaturated/α-hetero) is 1. The third-order valence-corrected chi connectivity index (χ3v) is 1.99. The van der Waals surface area contributed by atoms with Crippen molar-refractivity contribution in [2.75, 3.05) is 0 Å². The molecule has 2 N–H and O–H groups in total. The lowest BCUT2D eigenvalue weighted by atomic mass is 10.0. The Bertz CT molecular complexity index is 347. The van der Waals surface area contributed by atoms with Crippen LogP contribution in [-0.2, 0) is 0 Å². The molecule has 1 atom stereocenters. The van der Waals surface area contributed by atoms with Crippen molar-refractivity contribution in [2.24, 2.45) is 5.73 Å². The molecule has 0 fully saturated rings. The van der Waals surface area contributed by atoms with E-state index in [1.165, 1.54) is 12.1 Å². The molecule has 3 heteroatoms. The van der Waals surface area contributed by atoms with Crippen LogP contribution < -0.4 is 5.73 Å². The molecule has 14 heavy (non-hydrogen) atoms. The molecular weight excluding hydrogens is 181 g/mol. The number of hydrogen-bond acceptors (Lipinski definition) is 2. The minimum Gasteiger partial charge on any atom is -0.328 e. The fourth-order valence-electron chi connectivity index (χ4n) is 1.23. The first-order valence-electron chi connectivity index (χ1n) is 4.55. The monoisotopic (exact) mass is 195 g/mol.